The van der Waals surface area contributed by atoms with Gasteiger partial charge in [0.1, 0.15) is 0 Å². The number of aliphatic hydroxyl groups excluding tert-OH is 1. The fourth-order valence-electron chi connectivity index (χ4n) is 0.518. The predicted octanol–water partition coefficient (Wildman–Crippen LogP) is 0.0352. The van der Waals surface area contributed by atoms with Crippen LogP contribution in [-0.2, 0) is 9.47 Å². The van der Waals surface area contributed by atoms with E-state index in [1.54, 1.807) is 0 Å². The first-order valence-electron chi connectivity index (χ1n) is 3.61. The highest BCUT2D eigenvalue weighted by atomic mass is 16.5. The lowest BCUT2D eigenvalue weighted by molar-refractivity contribution is 0.0348. The lowest BCUT2D eigenvalue weighted by Gasteiger charge is -2.01. The van der Waals surface area contributed by atoms with Crippen LogP contribution in [0.3, 0.4) is 0 Å². The summed E-state index contributed by atoms with van der Waals surface area (Å²) in [7, 11) is 0. The van der Waals surface area contributed by atoms with Gasteiger partial charge in [0.05, 0.1) is 33.0 Å². The number of hydrogen-bond acceptors (Lipinski definition) is 3. The van der Waals surface area contributed by atoms with Gasteiger partial charge in [0.25, 0.3) is 0 Å². The largest absolute Gasteiger partial charge is 0.394 e. The van der Waals surface area contributed by atoms with Crippen molar-refractivity contribution in [3.8, 4) is 12.3 Å². The highest BCUT2D eigenvalue weighted by molar-refractivity contribution is 4.82. The van der Waals surface area contributed by atoms with Gasteiger partial charge in [-0.2, -0.15) is 0 Å². The lowest BCUT2D eigenvalue weighted by atomic mass is 10.5. The molecule has 0 aromatic heterocycles. The first-order valence-corrected chi connectivity index (χ1v) is 3.61. The molecule has 64 valence electrons. The summed E-state index contributed by atoms with van der Waals surface area (Å²) in [5.74, 6) is 2.46. The summed E-state index contributed by atoms with van der Waals surface area (Å²) in [5, 5.41) is 8.31. The molecule has 0 aliphatic heterocycles. The molecule has 0 spiro atoms. The van der Waals surface area contributed by atoms with E-state index < -0.39 is 0 Å². The van der Waals surface area contributed by atoms with E-state index in [-0.39, 0.29) is 6.61 Å². The van der Waals surface area contributed by atoms with E-state index in [4.69, 9.17) is 21.0 Å². The Kier molecular flexibility index (Phi) is 8.96. The van der Waals surface area contributed by atoms with Gasteiger partial charge in [-0.1, -0.05) is 0 Å². The molecule has 3 nitrogen and oxygen atoms in total. The maximum atomic E-state index is 8.31. The second-order valence-corrected chi connectivity index (χ2v) is 1.90. The second-order valence-electron chi connectivity index (χ2n) is 1.90. The highest BCUT2D eigenvalue weighted by Crippen LogP contribution is 1.81. The summed E-state index contributed by atoms with van der Waals surface area (Å²) >= 11 is 0. The summed E-state index contributed by atoms with van der Waals surface area (Å²) in [6.07, 6.45) is 5.64. The van der Waals surface area contributed by atoms with Gasteiger partial charge in [-0.3, -0.25) is 0 Å². The first kappa shape index (κ1) is 10.4. The number of rotatable bonds is 7. The third-order valence-corrected chi connectivity index (χ3v) is 0.998. The van der Waals surface area contributed by atoms with Crippen LogP contribution < -0.4 is 0 Å². The molecule has 0 aliphatic carbocycles. The molecule has 0 atom stereocenters. The highest BCUT2D eigenvalue weighted by Gasteiger charge is 1.87. The van der Waals surface area contributed by atoms with E-state index in [0.29, 0.717) is 32.8 Å². The number of terminal acetylenes is 1. The molecule has 0 unspecified atom stereocenters. The van der Waals surface area contributed by atoms with E-state index in [1.807, 2.05) is 0 Å². The van der Waals surface area contributed by atoms with Gasteiger partial charge in [0, 0.05) is 6.42 Å². The minimum absolute atomic E-state index is 0.0599. The van der Waals surface area contributed by atoms with Gasteiger partial charge in [0.15, 0.2) is 0 Å². The van der Waals surface area contributed by atoms with Gasteiger partial charge < -0.3 is 14.6 Å². The predicted molar refractivity (Wildman–Crippen MR) is 42.2 cm³/mol. The van der Waals surface area contributed by atoms with Crippen LogP contribution in [0.15, 0.2) is 0 Å². The van der Waals surface area contributed by atoms with Crippen LogP contribution >= 0.6 is 0 Å². The molecule has 0 amide bonds. The summed E-state index contributed by atoms with van der Waals surface area (Å²) < 4.78 is 10.0. The van der Waals surface area contributed by atoms with Gasteiger partial charge in [0.2, 0.25) is 0 Å². The van der Waals surface area contributed by atoms with Crippen LogP contribution in [0.1, 0.15) is 6.42 Å². The second kappa shape index (κ2) is 9.44. The van der Waals surface area contributed by atoms with Crippen molar-refractivity contribution in [2.45, 2.75) is 6.42 Å². The van der Waals surface area contributed by atoms with Crippen LogP contribution in [0.2, 0.25) is 0 Å². The van der Waals surface area contributed by atoms with Crippen LogP contribution in [0, 0.1) is 12.3 Å². The van der Waals surface area contributed by atoms with Crippen molar-refractivity contribution in [1.82, 2.24) is 0 Å². The Morgan fingerprint density at radius 1 is 1.09 bits per heavy atom. The lowest BCUT2D eigenvalue weighted by Crippen LogP contribution is -2.07. The molecule has 0 radical (unpaired) electrons. The van der Waals surface area contributed by atoms with E-state index >= 15 is 0 Å². The summed E-state index contributed by atoms with van der Waals surface area (Å²) in [5.41, 5.74) is 0. The zero-order valence-electron chi connectivity index (χ0n) is 6.58. The minimum atomic E-state index is 0.0599. The molecule has 0 bridgehead atoms. The van der Waals surface area contributed by atoms with Gasteiger partial charge in [-0.05, 0) is 0 Å². The molecule has 0 rings (SSSR count). The zero-order chi connectivity index (χ0) is 8.36. The number of aliphatic hydroxyl groups is 1. The number of ether oxygens (including phenoxy) is 2. The molecule has 0 heterocycles. The average molecular weight is 158 g/mol. The van der Waals surface area contributed by atoms with Gasteiger partial charge >= 0.3 is 0 Å². The van der Waals surface area contributed by atoms with Crippen LogP contribution in [0.4, 0.5) is 0 Å². The van der Waals surface area contributed by atoms with Crippen LogP contribution in [0.25, 0.3) is 0 Å². The number of hydrogen-bond donors (Lipinski definition) is 1. The maximum Gasteiger partial charge on any atom is 0.0701 e. The Hall–Kier alpha value is -0.560. The zero-order valence-corrected chi connectivity index (χ0v) is 6.58. The third-order valence-electron chi connectivity index (χ3n) is 0.998. The van der Waals surface area contributed by atoms with E-state index in [1.165, 1.54) is 0 Å². The topological polar surface area (TPSA) is 38.7 Å². The summed E-state index contributed by atoms with van der Waals surface area (Å²) in [4.78, 5) is 0. The van der Waals surface area contributed by atoms with E-state index in [2.05, 4.69) is 5.92 Å². The van der Waals surface area contributed by atoms with E-state index in [9.17, 15) is 0 Å². The Morgan fingerprint density at radius 2 is 1.73 bits per heavy atom. The Bertz CT molecular complexity index is 106. The van der Waals surface area contributed by atoms with Crippen LogP contribution in [0.5, 0.6) is 0 Å². The van der Waals surface area contributed by atoms with Crippen molar-refractivity contribution in [1.29, 1.82) is 0 Å². The van der Waals surface area contributed by atoms with Gasteiger partial charge in [-0.25, -0.2) is 0 Å². The molecule has 11 heavy (non-hydrogen) atoms. The minimum Gasteiger partial charge on any atom is -0.394 e. The van der Waals surface area contributed by atoms with Gasteiger partial charge in [-0.15, -0.1) is 12.3 Å². The van der Waals surface area contributed by atoms with Crippen molar-refractivity contribution in [2.24, 2.45) is 0 Å². The average Bonchev–Trinajstić information content (AvgIpc) is 2.03. The van der Waals surface area contributed by atoms with Crippen LogP contribution in [-0.4, -0.2) is 38.1 Å². The molecular formula is C8H14O3. The molecule has 0 aromatic carbocycles. The fourth-order valence-corrected chi connectivity index (χ4v) is 0.518. The monoisotopic (exact) mass is 158 g/mol. The van der Waals surface area contributed by atoms with Crippen molar-refractivity contribution < 1.29 is 14.6 Å². The molecule has 0 saturated heterocycles. The maximum absolute atomic E-state index is 8.31. The normalized spacial score (nSPS) is 9.45. The molecule has 0 saturated carbocycles. The molecule has 0 fully saturated rings. The first-order chi connectivity index (χ1) is 5.41. The molecular weight excluding hydrogens is 144 g/mol. The SMILES string of the molecule is C#CCCOCCOCCO. The van der Waals surface area contributed by atoms with Crippen molar-refractivity contribution in [3.05, 3.63) is 0 Å². The molecule has 1 N–H and O–H groups in total. The molecule has 3 heteroatoms. The Morgan fingerprint density at radius 3 is 2.27 bits per heavy atom. The van der Waals surface area contributed by atoms with Crippen molar-refractivity contribution >= 4 is 0 Å². The third kappa shape index (κ3) is 9.44. The summed E-state index contributed by atoms with van der Waals surface area (Å²) in [6.45, 7) is 2.08. The van der Waals surface area contributed by atoms with E-state index in [0.717, 1.165) is 0 Å². The Balaban J connectivity index is 2.75. The fraction of sp³-hybridized carbons (Fsp3) is 0.750. The van der Waals surface area contributed by atoms with Crippen molar-refractivity contribution in [3.63, 3.8) is 0 Å². The summed E-state index contributed by atoms with van der Waals surface area (Å²) in [6, 6.07) is 0. The molecule has 0 aromatic rings. The Labute approximate surface area is 67.3 Å². The standard InChI is InChI=1S/C8H14O3/c1-2-3-5-10-7-8-11-6-4-9/h1,9H,3-8H2. The van der Waals surface area contributed by atoms with Crippen molar-refractivity contribution in [2.75, 3.05) is 33.0 Å². The smallest absolute Gasteiger partial charge is 0.0701 e. The quantitative estimate of drug-likeness (QED) is 0.420. The molecule has 0 aliphatic rings.